The first-order valence-electron chi connectivity index (χ1n) is 7.19. The predicted octanol–water partition coefficient (Wildman–Crippen LogP) is 2.03. The minimum Gasteiger partial charge on any atom is -0.399 e. The molecule has 1 aromatic carbocycles. The standard InChI is InChI=1S/C16H20BNO3/c1-15(2)16(3,4)21-17(20-15)13-8-9-18-14-11(10-19)6-5-7-12(13)14/h5-9,19H,10H2,1-4H3. The Kier molecular flexibility index (Phi) is 3.32. The van der Waals surface area contributed by atoms with Gasteiger partial charge in [-0.25, -0.2) is 0 Å². The Hall–Kier alpha value is -1.43. The average Bonchev–Trinajstić information content (AvgIpc) is 2.66. The SMILES string of the molecule is CC1(C)OB(c2ccnc3c(CO)cccc23)OC1(C)C. The van der Waals surface area contributed by atoms with Gasteiger partial charge in [-0.2, -0.15) is 0 Å². The molecule has 21 heavy (non-hydrogen) atoms. The molecule has 4 nitrogen and oxygen atoms in total. The molecule has 2 heterocycles. The molecule has 1 fully saturated rings. The molecule has 1 aliphatic rings. The first kappa shape index (κ1) is 14.5. The van der Waals surface area contributed by atoms with Crippen LogP contribution in [0, 0.1) is 0 Å². The van der Waals surface area contributed by atoms with E-state index in [0.29, 0.717) is 0 Å². The number of hydrogen-bond acceptors (Lipinski definition) is 4. The normalized spacial score (nSPS) is 20.1. The summed E-state index contributed by atoms with van der Waals surface area (Å²) in [7, 11) is -0.422. The molecule has 0 spiro atoms. The molecular weight excluding hydrogens is 265 g/mol. The molecule has 1 saturated heterocycles. The van der Waals surface area contributed by atoms with Gasteiger partial charge in [0, 0.05) is 17.1 Å². The van der Waals surface area contributed by atoms with Gasteiger partial charge < -0.3 is 14.4 Å². The van der Waals surface area contributed by atoms with Crippen LogP contribution in [0.1, 0.15) is 33.3 Å². The maximum Gasteiger partial charge on any atom is 0.495 e. The fourth-order valence-corrected chi connectivity index (χ4v) is 2.56. The fraction of sp³-hybridized carbons (Fsp3) is 0.438. The smallest absolute Gasteiger partial charge is 0.399 e. The lowest BCUT2D eigenvalue weighted by Gasteiger charge is -2.32. The number of aromatic nitrogens is 1. The van der Waals surface area contributed by atoms with Crippen molar-refractivity contribution >= 4 is 23.5 Å². The zero-order chi connectivity index (χ0) is 15.3. The van der Waals surface area contributed by atoms with E-state index in [9.17, 15) is 5.11 Å². The second-order valence-corrected chi connectivity index (χ2v) is 6.46. The summed E-state index contributed by atoms with van der Waals surface area (Å²) in [6.07, 6.45) is 1.74. The molecule has 1 aromatic heterocycles. The summed E-state index contributed by atoms with van der Waals surface area (Å²) < 4.78 is 12.2. The topological polar surface area (TPSA) is 51.6 Å². The Morgan fingerprint density at radius 3 is 2.38 bits per heavy atom. The highest BCUT2D eigenvalue weighted by Crippen LogP contribution is 2.37. The Balaban J connectivity index is 2.11. The second-order valence-electron chi connectivity index (χ2n) is 6.46. The van der Waals surface area contributed by atoms with E-state index in [-0.39, 0.29) is 17.8 Å². The zero-order valence-electron chi connectivity index (χ0n) is 12.9. The van der Waals surface area contributed by atoms with E-state index in [4.69, 9.17) is 9.31 Å². The molecule has 0 unspecified atom stereocenters. The van der Waals surface area contributed by atoms with Crippen molar-refractivity contribution in [1.29, 1.82) is 0 Å². The van der Waals surface area contributed by atoms with Crippen molar-refractivity contribution in [3.05, 3.63) is 36.0 Å². The average molecular weight is 285 g/mol. The van der Waals surface area contributed by atoms with Crippen LogP contribution in [0.5, 0.6) is 0 Å². The van der Waals surface area contributed by atoms with Crippen molar-refractivity contribution in [1.82, 2.24) is 4.98 Å². The van der Waals surface area contributed by atoms with E-state index in [1.165, 1.54) is 0 Å². The Labute approximate surface area is 125 Å². The van der Waals surface area contributed by atoms with Crippen LogP contribution in [0.3, 0.4) is 0 Å². The summed E-state index contributed by atoms with van der Waals surface area (Å²) in [6.45, 7) is 8.12. The zero-order valence-corrected chi connectivity index (χ0v) is 12.9. The van der Waals surface area contributed by atoms with Crippen molar-refractivity contribution < 1.29 is 14.4 Å². The van der Waals surface area contributed by atoms with Gasteiger partial charge in [-0.05, 0) is 39.2 Å². The van der Waals surface area contributed by atoms with Gasteiger partial charge in [0.25, 0.3) is 0 Å². The minimum absolute atomic E-state index is 0.0306. The number of rotatable bonds is 2. The lowest BCUT2D eigenvalue weighted by atomic mass is 9.77. The second kappa shape index (κ2) is 4.80. The Morgan fingerprint density at radius 2 is 1.76 bits per heavy atom. The molecule has 2 aromatic rings. The number of para-hydroxylation sites is 1. The molecule has 0 atom stereocenters. The van der Waals surface area contributed by atoms with Gasteiger partial charge in [-0.15, -0.1) is 0 Å². The highest BCUT2D eigenvalue weighted by atomic mass is 16.7. The summed E-state index contributed by atoms with van der Waals surface area (Å²) >= 11 is 0. The third kappa shape index (κ3) is 2.25. The van der Waals surface area contributed by atoms with Gasteiger partial charge in [0.2, 0.25) is 0 Å². The van der Waals surface area contributed by atoms with Gasteiger partial charge in [0.05, 0.1) is 23.3 Å². The quantitative estimate of drug-likeness (QED) is 0.858. The molecule has 110 valence electrons. The van der Waals surface area contributed by atoms with Crippen LogP contribution in [-0.4, -0.2) is 28.4 Å². The molecular formula is C16H20BNO3. The summed E-state index contributed by atoms with van der Waals surface area (Å²) in [6, 6.07) is 7.71. The van der Waals surface area contributed by atoms with Crippen LogP contribution in [0.25, 0.3) is 10.9 Å². The number of benzene rings is 1. The highest BCUT2D eigenvalue weighted by Gasteiger charge is 2.52. The number of aliphatic hydroxyl groups excluding tert-OH is 1. The number of aliphatic hydroxyl groups is 1. The van der Waals surface area contributed by atoms with Gasteiger partial charge in [-0.1, -0.05) is 18.2 Å². The molecule has 0 bridgehead atoms. The molecule has 3 rings (SSSR count). The maximum absolute atomic E-state index is 9.46. The molecule has 0 radical (unpaired) electrons. The third-order valence-electron chi connectivity index (χ3n) is 4.57. The highest BCUT2D eigenvalue weighted by molar-refractivity contribution is 6.65. The number of hydrogen-bond donors (Lipinski definition) is 1. The predicted molar refractivity (Wildman–Crippen MR) is 83.4 cm³/mol. The lowest BCUT2D eigenvalue weighted by molar-refractivity contribution is 0.00578. The number of pyridine rings is 1. The van der Waals surface area contributed by atoms with E-state index in [0.717, 1.165) is 21.9 Å². The van der Waals surface area contributed by atoms with Gasteiger partial charge in [-0.3, -0.25) is 4.98 Å². The minimum atomic E-state index is -0.422. The summed E-state index contributed by atoms with van der Waals surface area (Å²) in [5, 5.41) is 10.4. The van der Waals surface area contributed by atoms with Crippen molar-refractivity contribution in [2.45, 2.75) is 45.5 Å². The Morgan fingerprint density at radius 1 is 1.10 bits per heavy atom. The van der Waals surface area contributed by atoms with Crippen molar-refractivity contribution in [3.63, 3.8) is 0 Å². The van der Waals surface area contributed by atoms with Crippen molar-refractivity contribution in [3.8, 4) is 0 Å². The molecule has 1 N–H and O–H groups in total. The third-order valence-corrected chi connectivity index (χ3v) is 4.57. The first-order chi connectivity index (χ1) is 9.86. The Bertz CT molecular complexity index is 668. The number of fused-ring (bicyclic) bond motifs is 1. The molecule has 1 aliphatic heterocycles. The van der Waals surface area contributed by atoms with Crippen LogP contribution < -0.4 is 5.46 Å². The fourth-order valence-electron chi connectivity index (χ4n) is 2.56. The molecule has 0 saturated carbocycles. The van der Waals surface area contributed by atoms with E-state index in [2.05, 4.69) is 4.98 Å². The van der Waals surface area contributed by atoms with E-state index in [1.807, 2.05) is 52.0 Å². The summed E-state index contributed by atoms with van der Waals surface area (Å²) in [5.74, 6) is 0. The van der Waals surface area contributed by atoms with Crippen molar-refractivity contribution in [2.24, 2.45) is 0 Å². The van der Waals surface area contributed by atoms with E-state index >= 15 is 0 Å². The van der Waals surface area contributed by atoms with Crippen LogP contribution in [0.4, 0.5) is 0 Å². The van der Waals surface area contributed by atoms with Crippen molar-refractivity contribution in [2.75, 3.05) is 0 Å². The van der Waals surface area contributed by atoms with Crippen LogP contribution in [0.15, 0.2) is 30.5 Å². The van der Waals surface area contributed by atoms with E-state index in [1.54, 1.807) is 6.20 Å². The summed E-state index contributed by atoms with van der Waals surface area (Å²) in [4.78, 5) is 4.39. The molecule has 5 heteroatoms. The van der Waals surface area contributed by atoms with Crippen LogP contribution in [-0.2, 0) is 15.9 Å². The number of nitrogens with zero attached hydrogens (tertiary/aromatic N) is 1. The first-order valence-corrected chi connectivity index (χ1v) is 7.19. The maximum atomic E-state index is 9.46. The monoisotopic (exact) mass is 285 g/mol. The lowest BCUT2D eigenvalue weighted by Crippen LogP contribution is -2.41. The van der Waals surface area contributed by atoms with Gasteiger partial charge >= 0.3 is 7.12 Å². The molecule has 0 aliphatic carbocycles. The summed E-state index contributed by atoms with van der Waals surface area (Å²) in [5.41, 5.74) is 1.82. The van der Waals surface area contributed by atoms with Gasteiger partial charge in [0.15, 0.2) is 0 Å². The molecule has 0 amide bonds. The van der Waals surface area contributed by atoms with Crippen LogP contribution in [0.2, 0.25) is 0 Å². The van der Waals surface area contributed by atoms with E-state index < -0.39 is 7.12 Å². The van der Waals surface area contributed by atoms with Gasteiger partial charge in [0.1, 0.15) is 0 Å². The van der Waals surface area contributed by atoms with Crippen LogP contribution >= 0.6 is 0 Å². The largest absolute Gasteiger partial charge is 0.495 e.